The van der Waals surface area contributed by atoms with Crippen LogP contribution in [0.2, 0.25) is 0 Å². The fraction of sp³-hybridized carbons (Fsp3) is 0.826. The van der Waals surface area contributed by atoms with Gasteiger partial charge in [0.1, 0.15) is 0 Å². The minimum absolute atomic E-state index is 0.230. The standard InChI is InChI=1S/C46H80O2/c1-3-5-7-9-11-13-15-17-19-21-23-25-27-29-31-33-38-45(40-41-46(42-45)47-43-36-35-37-44(43)48-46)39-34-32-30-28-26-24-22-20-18-16-14-12-10-8-6-4-2/h11-14,17-20,43-44H,3-10,15-16,21-42H2,1-2H3/b13-11-,14-12-,19-17-,20-18-/t43-,44+,46?. The van der Waals surface area contributed by atoms with E-state index in [-0.39, 0.29) is 5.79 Å². The summed E-state index contributed by atoms with van der Waals surface area (Å²) < 4.78 is 13.4. The monoisotopic (exact) mass is 665 g/mol. The molecule has 0 amide bonds. The van der Waals surface area contributed by atoms with E-state index < -0.39 is 0 Å². The van der Waals surface area contributed by atoms with E-state index in [0.717, 1.165) is 19.3 Å². The summed E-state index contributed by atoms with van der Waals surface area (Å²) in [6.07, 6.45) is 62.0. The third-order valence-electron chi connectivity index (χ3n) is 11.6. The molecule has 1 spiro atoms. The Balaban J connectivity index is 1.24. The van der Waals surface area contributed by atoms with Crippen molar-refractivity contribution in [1.82, 2.24) is 0 Å². The molecule has 0 aromatic heterocycles. The van der Waals surface area contributed by atoms with Crippen LogP contribution in [-0.4, -0.2) is 18.0 Å². The predicted octanol–water partition coefficient (Wildman–Crippen LogP) is 15.2. The molecule has 2 saturated carbocycles. The Hall–Kier alpha value is -1.12. The first-order valence-corrected chi connectivity index (χ1v) is 21.7. The van der Waals surface area contributed by atoms with E-state index in [4.69, 9.17) is 9.47 Å². The van der Waals surface area contributed by atoms with Crippen molar-refractivity contribution < 1.29 is 9.47 Å². The fourth-order valence-corrected chi connectivity index (χ4v) is 8.67. The first-order valence-electron chi connectivity index (χ1n) is 21.7. The highest BCUT2D eigenvalue weighted by atomic mass is 16.8. The van der Waals surface area contributed by atoms with Crippen molar-refractivity contribution in [3.05, 3.63) is 48.6 Å². The SMILES string of the molecule is CCCCC/C=C\C/C=C\CCCCCCCCC1(CCCCCCCC/C=C\C/C=C\CCCCC)CCC2(C1)O[C@H]1CCC[C@H]1O2. The van der Waals surface area contributed by atoms with Crippen LogP contribution in [0.4, 0.5) is 0 Å². The van der Waals surface area contributed by atoms with Gasteiger partial charge in [0.25, 0.3) is 0 Å². The lowest BCUT2D eigenvalue weighted by Crippen LogP contribution is -2.31. The van der Waals surface area contributed by atoms with Gasteiger partial charge in [-0.2, -0.15) is 0 Å². The van der Waals surface area contributed by atoms with Crippen LogP contribution in [0.5, 0.6) is 0 Å². The lowest BCUT2D eigenvalue weighted by molar-refractivity contribution is -0.180. The van der Waals surface area contributed by atoms with Crippen LogP contribution < -0.4 is 0 Å². The van der Waals surface area contributed by atoms with Gasteiger partial charge in [-0.05, 0) is 108 Å². The van der Waals surface area contributed by atoms with Crippen molar-refractivity contribution in [2.75, 3.05) is 0 Å². The van der Waals surface area contributed by atoms with E-state index in [2.05, 4.69) is 62.5 Å². The Bertz CT molecular complexity index is 820. The van der Waals surface area contributed by atoms with E-state index in [1.54, 1.807) is 0 Å². The normalized spacial score (nSPS) is 23.8. The molecular weight excluding hydrogens is 585 g/mol. The third-order valence-corrected chi connectivity index (χ3v) is 11.6. The summed E-state index contributed by atoms with van der Waals surface area (Å²) in [6, 6.07) is 0. The van der Waals surface area contributed by atoms with Gasteiger partial charge in [-0.3, -0.25) is 0 Å². The van der Waals surface area contributed by atoms with E-state index in [0.29, 0.717) is 17.6 Å². The van der Waals surface area contributed by atoms with Crippen LogP contribution in [0, 0.1) is 5.41 Å². The summed E-state index contributed by atoms with van der Waals surface area (Å²) in [6.45, 7) is 4.55. The smallest absolute Gasteiger partial charge is 0.169 e. The van der Waals surface area contributed by atoms with Crippen molar-refractivity contribution in [3.8, 4) is 0 Å². The van der Waals surface area contributed by atoms with Gasteiger partial charge in [0.2, 0.25) is 0 Å². The van der Waals surface area contributed by atoms with Gasteiger partial charge in [0.05, 0.1) is 12.2 Å². The molecule has 3 rings (SSSR count). The lowest BCUT2D eigenvalue weighted by atomic mass is 9.76. The fourth-order valence-electron chi connectivity index (χ4n) is 8.67. The lowest BCUT2D eigenvalue weighted by Gasteiger charge is -2.32. The Morgan fingerprint density at radius 3 is 1.29 bits per heavy atom. The molecule has 2 heteroatoms. The van der Waals surface area contributed by atoms with Crippen molar-refractivity contribution in [2.45, 2.75) is 237 Å². The first kappa shape index (κ1) is 41.3. The maximum Gasteiger partial charge on any atom is 0.169 e. The zero-order valence-electron chi connectivity index (χ0n) is 32.2. The number of fused-ring (bicyclic) bond motifs is 1. The second-order valence-corrected chi connectivity index (χ2v) is 16.0. The van der Waals surface area contributed by atoms with Gasteiger partial charge >= 0.3 is 0 Å². The molecule has 1 heterocycles. The van der Waals surface area contributed by atoms with Crippen LogP contribution in [0.25, 0.3) is 0 Å². The molecule has 1 aliphatic heterocycles. The van der Waals surface area contributed by atoms with E-state index in [1.807, 2.05) is 0 Å². The summed E-state index contributed by atoms with van der Waals surface area (Å²) in [5, 5.41) is 0. The minimum Gasteiger partial charge on any atom is -0.344 e. The summed E-state index contributed by atoms with van der Waals surface area (Å²) >= 11 is 0. The molecule has 3 fully saturated rings. The number of hydrogen-bond donors (Lipinski definition) is 0. The largest absolute Gasteiger partial charge is 0.344 e. The molecule has 48 heavy (non-hydrogen) atoms. The topological polar surface area (TPSA) is 18.5 Å². The van der Waals surface area contributed by atoms with Crippen molar-refractivity contribution in [1.29, 1.82) is 0 Å². The predicted molar refractivity (Wildman–Crippen MR) is 211 cm³/mol. The number of rotatable bonds is 30. The van der Waals surface area contributed by atoms with Crippen molar-refractivity contribution in [3.63, 3.8) is 0 Å². The van der Waals surface area contributed by atoms with Gasteiger partial charge in [0.15, 0.2) is 5.79 Å². The molecule has 2 nitrogen and oxygen atoms in total. The molecule has 3 aliphatic rings. The van der Waals surface area contributed by atoms with Gasteiger partial charge in [-0.15, -0.1) is 0 Å². The average Bonchev–Trinajstić information content (AvgIpc) is 3.78. The molecule has 276 valence electrons. The highest BCUT2D eigenvalue weighted by Crippen LogP contribution is 2.57. The van der Waals surface area contributed by atoms with E-state index >= 15 is 0 Å². The van der Waals surface area contributed by atoms with Crippen molar-refractivity contribution in [2.24, 2.45) is 5.41 Å². The molecule has 3 atom stereocenters. The van der Waals surface area contributed by atoms with Crippen LogP contribution in [-0.2, 0) is 9.47 Å². The highest BCUT2D eigenvalue weighted by molar-refractivity contribution is 5.00. The summed E-state index contributed by atoms with van der Waals surface area (Å²) in [5.41, 5.74) is 0.461. The zero-order chi connectivity index (χ0) is 33.9. The maximum absolute atomic E-state index is 6.71. The molecule has 0 N–H and O–H groups in total. The Labute approximate surface area is 300 Å². The Morgan fingerprint density at radius 1 is 0.458 bits per heavy atom. The summed E-state index contributed by atoms with van der Waals surface area (Å²) in [7, 11) is 0. The molecule has 2 aliphatic carbocycles. The van der Waals surface area contributed by atoms with Gasteiger partial charge in [-0.1, -0.05) is 152 Å². The summed E-state index contributed by atoms with van der Waals surface area (Å²) in [5.74, 6) is -0.230. The molecule has 0 aromatic rings. The molecule has 1 saturated heterocycles. The maximum atomic E-state index is 6.71. The highest BCUT2D eigenvalue weighted by Gasteiger charge is 2.56. The van der Waals surface area contributed by atoms with Gasteiger partial charge < -0.3 is 9.47 Å². The van der Waals surface area contributed by atoms with Gasteiger partial charge in [0, 0.05) is 12.8 Å². The molecule has 0 radical (unpaired) electrons. The molecule has 0 aromatic carbocycles. The quantitative estimate of drug-likeness (QED) is 0.0562. The number of allylic oxidation sites excluding steroid dienone is 8. The zero-order valence-corrected chi connectivity index (χ0v) is 32.2. The summed E-state index contributed by atoms with van der Waals surface area (Å²) in [4.78, 5) is 0. The minimum atomic E-state index is -0.230. The average molecular weight is 665 g/mol. The van der Waals surface area contributed by atoms with Gasteiger partial charge in [-0.25, -0.2) is 0 Å². The number of hydrogen-bond acceptors (Lipinski definition) is 2. The molecule has 0 bridgehead atoms. The second kappa shape index (κ2) is 26.7. The Kier molecular flexibility index (Phi) is 22.9. The van der Waals surface area contributed by atoms with Crippen LogP contribution in [0.1, 0.15) is 219 Å². The Morgan fingerprint density at radius 2 is 0.854 bits per heavy atom. The third kappa shape index (κ3) is 17.7. The van der Waals surface area contributed by atoms with Crippen molar-refractivity contribution >= 4 is 0 Å². The molecular formula is C46H80O2. The second-order valence-electron chi connectivity index (χ2n) is 16.0. The molecule has 1 unspecified atom stereocenters. The number of unbranched alkanes of at least 4 members (excludes halogenated alkanes) is 18. The van der Waals surface area contributed by atoms with E-state index in [1.165, 1.54) is 186 Å². The van der Waals surface area contributed by atoms with Crippen LogP contribution >= 0.6 is 0 Å². The first-order chi connectivity index (χ1) is 23.7. The van der Waals surface area contributed by atoms with Crippen LogP contribution in [0.15, 0.2) is 48.6 Å². The van der Waals surface area contributed by atoms with E-state index in [9.17, 15) is 0 Å². The van der Waals surface area contributed by atoms with Crippen LogP contribution in [0.3, 0.4) is 0 Å². The number of ether oxygens (including phenoxy) is 2.